The van der Waals surface area contributed by atoms with Gasteiger partial charge in [0.2, 0.25) is 5.16 Å². The molecule has 0 aliphatic heterocycles. The van der Waals surface area contributed by atoms with Gasteiger partial charge in [-0.15, -0.1) is 16.4 Å². The van der Waals surface area contributed by atoms with Gasteiger partial charge in [-0.3, -0.25) is 9.89 Å². The predicted octanol–water partition coefficient (Wildman–Crippen LogP) is 2.78. The Morgan fingerprint density at radius 3 is 2.95 bits per heavy atom. The molecule has 0 aliphatic rings. The van der Waals surface area contributed by atoms with Gasteiger partial charge in [-0.25, -0.2) is 9.97 Å². The molecule has 3 heterocycles. The summed E-state index contributed by atoms with van der Waals surface area (Å²) in [4.78, 5) is 24.1. The number of aromatic nitrogens is 5. The van der Waals surface area contributed by atoms with Crippen molar-refractivity contribution in [3.05, 3.63) is 45.5 Å². The molecule has 3 aromatic rings. The molecule has 0 aliphatic carbocycles. The Hall–Kier alpha value is -1.93. The summed E-state index contributed by atoms with van der Waals surface area (Å²) in [5.41, 5.74) is 0.565. The van der Waals surface area contributed by atoms with Crippen LogP contribution in [-0.4, -0.2) is 25.1 Å². The molecule has 0 fully saturated rings. The second-order valence-corrected chi connectivity index (χ2v) is 6.73. The van der Waals surface area contributed by atoms with Crippen LogP contribution in [0.4, 0.5) is 0 Å². The van der Waals surface area contributed by atoms with Gasteiger partial charge < -0.3 is 4.98 Å². The molecule has 0 spiro atoms. The molecule has 108 valence electrons. The molecule has 0 aromatic carbocycles. The highest BCUT2D eigenvalue weighted by molar-refractivity contribution is 7.99. The van der Waals surface area contributed by atoms with Crippen LogP contribution in [0, 0.1) is 6.92 Å². The number of thioether (sulfide) groups is 1. The second-order valence-electron chi connectivity index (χ2n) is 4.48. The van der Waals surface area contributed by atoms with E-state index in [-0.39, 0.29) is 10.8 Å². The van der Waals surface area contributed by atoms with Crippen LogP contribution < -0.4 is 5.56 Å². The molecule has 3 rings (SSSR count). The molecule has 0 unspecified atom stereocenters. The Labute approximate surface area is 129 Å². The van der Waals surface area contributed by atoms with Gasteiger partial charge in [-0.05, 0) is 25.3 Å². The maximum absolute atomic E-state index is 11.5. The highest BCUT2D eigenvalue weighted by atomic mass is 32.2. The maximum atomic E-state index is 11.5. The summed E-state index contributed by atoms with van der Waals surface area (Å²) in [6.07, 6.45) is 0. The van der Waals surface area contributed by atoms with Crippen molar-refractivity contribution in [2.45, 2.75) is 24.3 Å². The fraction of sp³-hybridized carbons (Fsp3) is 0.231. The minimum atomic E-state index is -0.140. The first-order valence-corrected chi connectivity index (χ1v) is 8.08. The van der Waals surface area contributed by atoms with Gasteiger partial charge in [-0.2, -0.15) is 0 Å². The van der Waals surface area contributed by atoms with Gasteiger partial charge in [0.15, 0.2) is 5.82 Å². The molecular formula is C13H13N5OS2. The molecular weight excluding hydrogens is 306 g/mol. The number of hydrogen-bond donors (Lipinski definition) is 2. The Bertz CT molecular complexity index is 793. The zero-order valence-corrected chi connectivity index (χ0v) is 13.1. The molecule has 3 aromatic heterocycles. The first-order chi connectivity index (χ1) is 10.1. The molecule has 0 bridgehead atoms. The first-order valence-electron chi connectivity index (χ1n) is 6.32. The standard InChI is InChI=1S/C13H13N5OS2/c1-7-6-10(19)15-11(14-7)8(2)21-13-16-12(17-18-13)9-4-3-5-20-9/h3-6,8H,1-2H3,(H,14,15,19)(H,16,17,18)/t8-/m0/s1. The number of nitrogens with one attached hydrogen (secondary N) is 2. The van der Waals surface area contributed by atoms with Crippen molar-refractivity contribution in [1.82, 2.24) is 25.1 Å². The molecule has 0 radical (unpaired) electrons. The van der Waals surface area contributed by atoms with E-state index in [2.05, 4.69) is 25.1 Å². The molecule has 0 saturated carbocycles. The van der Waals surface area contributed by atoms with Gasteiger partial charge in [-0.1, -0.05) is 17.8 Å². The van der Waals surface area contributed by atoms with Crippen LogP contribution >= 0.6 is 23.1 Å². The lowest BCUT2D eigenvalue weighted by Gasteiger charge is -2.07. The van der Waals surface area contributed by atoms with Gasteiger partial charge in [0.25, 0.3) is 5.56 Å². The van der Waals surface area contributed by atoms with Crippen LogP contribution in [-0.2, 0) is 0 Å². The predicted molar refractivity (Wildman–Crippen MR) is 83.6 cm³/mol. The zero-order valence-electron chi connectivity index (χ0n) is 11.5. The normalized spacial score (nSPS) is 12.5. The molecule has 2 N–H and O–H groups in total. The van der Waals surface area contributed by atoms with Crippen molar-refractivity contribution in [2.75, 3.05) is 0 Å². The minimum absolute atomic E-state index is 0.0374. The Morgan fingerprint density at radius 1 is 1.38 bits per heavy atom. The topological polar surface area (TPSA) is 87.3 Å². The number of rotatable bonds is 4. The second kappa shape index (κ2) is 5.82. The van der Waals surface area contributed by atoms with E-state index in [1.54, 1.807) is 18.3 Å². The van der Waals surface area contributed by atoms with Gasteiger partial charge in [0.05, 0.1) is 10.1 Å². The zero-order chi connectivity index (χ0) is 14.8. The maximum Gasteiger partial charge on any atom is 0.251 e. The van der Waals surface area contributed by atoms with E-state index >= 15 is 0 Å². The van der Waals surface area contributed by atoms with Crippen LogP contribution in [0.5, 0.6) is 0 Å². The van der Waals surface area contributed by atoms with Gasteiger partial charge in [0.1, 0.15) is 5.82 Å². The summed E-state index contributed by atoms with van der Waals surface area (Å²) in [5, 5.41) is 9.71. The van der Waals surface area contributed by atoms with Crippen molar-refractivity contribution >= 4 is 23.1 Å². The third kappa shape index (κ3) is 3.22. The third-order valence-corrected chi connectivity index (χ3v) is 4.62. The van der Waals surface area contributed by atoms with Crippen molar-refractivity contribution in [1.29, 1.82) is 0 Å². The Kier molecular flexibility index (Phi) is 3.89. The van der Waals surface area contributed by atoms with E-state index in [9.17, 15) is 4.79 Å². The average molecular weight is 319 g/mol. The third-order valence-electron chi connectivity index (χ3n) is 2.77. The lowest BCUT2D eigenvalue weighted by Crippen LogP contribution is -2.12. The summed E-state index contributed by atoms with van der Waals surface area (Å²) in [7, 11) is 0. The number of aryl methyl sites for hydroxylation is 1. The summed E-state index contributed by atoms with van der Waals surface area (Å²) >= 11 is 3.06. The van der Waals surface area contributed by atoms with Crippen molar-refractivity contribution in [3.63, 3.8) is 0 Å². The van der Waals surface area contributed by atoms with E-state index in [4.69, 9.17) is 0 Å². The van der Waals surface area contributed by atoms with Gasteiger partial charge in [0, 0.05) is 11.8 Å². The van der Waals surface area contributed by atoms with E-state index in [0.717, 1.165) is 10.7 Å². The minimum Gasteiger partial charge on any atom is -0.310 e. The quantitative estimate of drug-likeness (QED) is 0.722. The Balaban J connectivity index is 1.78. The van der Waals surface area contributed by atoms with E-state index in [1.807, 2.05) is 24.4 Å². The summed E-state index contributed by atoms with van der Waals surface area (Å²) in [6.45, 7) is 3.77. The average Bonchev–Trinajstić information content (AvgIpc) is 3.07. The molecule has 8 heteroatoms. The fourth-order valence-corrected chi connectivity index (χ4v) is 3.28. The van der Waals surface area contributed by atoms with E-state index < -0.39 is 0 Å². The highest BCUT2D eigenvalue weighted by Crippen LogP contribution is 2.31. The number of H-pyrrole nitrogens is 2. The molecule has 0 amide bonds. The van der Waals surface area contributed by atoms with Crippen LogP contribution in [0.15, 0.2) is 33.5 Å². The van der Waals surface area contributed by atoms with Crippen molar-refractivity contribution < 1.29 is 0 Å². The SMILES string of the molecule is Cc1cc(=O)[nH]c([C@H](C)Sc2n[nH]c(-c3cccs3)n2)n1. The van der Waals surface area contributed by atoms with E-state index in [1.165, 1.54) is 17.8 Å². The van der Waals surface area contributed by atoms with Crippen LogP contribution in [0.25, 0.3) is 10.7 Å². The summed E-state index contributed by atoms with van der Waals surface area (Å²) in [5.74, 6) is 1.39. The van der Waals surface area contributed by atoms with Crippen molar-refractivity contribution in [3.8, 4) is 10.7 Å². The van der Waals surface area contributed by atoms with Crippen molar-refractivity contribution in [2.24, 2.45) is 0 Å². The number of hydrogen-bond acceptors (Lipinski definition) is 6. The number of thiophene rings is 1. The summed E-state index contributed by atoms with van der Waals surface area (Å²) in [6, 6.07) is 5.44. The number of nitrogens with zero attached hydrogens (tertiary/aromatic N) is 3. The lowest BCUT2D eigenvalue weighted by molar-refractivity contribution is 0.872. The Morgan fingerprint density at radius 2 is 2.24 bits per heavy atom. The monoisotopic (exact) mass is 319 g/mol. The largest absolute Gasteiger partial charge is 0.310 e. The molecule has 0 saturated heterocycles. The fourth-order valence-electron chi connectivity index (χ4n) is 1.83. The smallest absolute Gasteiger partial charge is 0.251 e. The van der Waals surface area contributed by atoms with Gasteiger partial charge >= 0.3 is 0 Å². The highest BCUT2D eigenvalue weighted by Gasteiger charge is 2.15. The van der Waals surface area contributed by atoms with Crippen LogP contribution in [0.2, 0.25) is 0 Å². The number of aromatic amines is 2. The molecule has 21 heavy (non-hydrogen) atoms. The summed E-state index contributed by atoms with van der Waals surface area (Å²) < 4.78 is 0. The van der Waals surface area contributed by atoms with Crippen LogP contribution in [0.1, 0.15) is 23.7 Å². The first kappa shape index (κ1) is 14.0. The lowest BCUT2D eigenvalue weighted by atomic mass is 10.4. The van der Waals surface area contributed by atoms with E-state index in [0.29, 0.717) is 16.7 Å². The van der Waals surface area contributed by atoms with Crippen LogP contribution in [0.3, 0.4) is 0 Å². The molecule has 1 atom stereocenters. The molecule has 6 nitrogen and oxygen atoms in total.